The van der Waals surface area contributed by atoms with Crippen molar-refractivity contribution in [1.82, 2.24) is 0 Å². The van der Waals surface area contributed by atoms with Crippen LogP contribution in [0.25, 0.3) is 0 Å². The second-order valence-electron chi connectivity index (χ2n) is 3.64. The third kappa shape index (κ3) is 3.07. The Bertz CT molecular complexity index is 484. The van der Waals surface area contributed by atoms with Gasteiger partial charge in [0.15, 0.2) is 0 Å². The van der Waals surface area contributed by atoms with Crippen molar-refractivity contribution >= 4 is 27.3 Å². The summed E-state index contributed by atoms with van der Waals surface area (Å²) < 4.78 is 18.8. The average Bonchev–Trinajstić information content (AvgIpc) is 2.81. The number of ether oxygens (including phenoxy) is 1. The average molecular weight is 315 g/mol. The minimum absolute atomic E-state index is 0.00736. The number of benzene rings is 1. The number of halogens is 2. The van der Waals surface area contributed by atoms with Crippen LogP contribution in [0.3, 0.4) is 0 Å². The van der Waals surface area contributed by atoms with Crippen LogP contribution in [0, 0.1) is 5.82 Å². The van der Waals surface area contributed by atoms with E-state index in [1.807, 2.05) is 11.4 Å². The number of hydrogen-bond acceptors (Lipinski definition) is 2. The molecule has 1 aromatic carbocycles. The number of hydrogen-bond donors (Lipinski definition) is 0. The molecule has 0 aliphatic carbocycles. The van der Waals surface area contributed by atoms with Gasteiger partial charge < -0.3 is 4.74 Å². The monoisotopic (exact) mass is 314 g/mol. The van der Waals surface area contributed by atoms with Crippen molar-refractivity contribution in [3.8, 4) is 5.75 Å². The van der Waals surface area contributed by atoms with Gasteiger partial charge in [-0.15, -0.1) is 11.3 Å². The highest BCUT2D eigenvalue weighted by molar-refractivity contribution is 9.09. The van der Waals surface area contributed by atoms with E-state index in [1.54, 1.807) is 23.5 Å². The molecule has 0 saturated heterocycles. The molecule has 0 aliphatic heterocycles. The van der Waals surface area contributed by atoms with Crippen molar-refractivity contribution in [2.75, 3.05) is 7.11 Å². The molecule has 1 atom stereocenters. The Kier molecular flexibility index (Phi) is 4.18. The highest BCUT2D eigenvalue weighted by Crippen LogP contribution is 2.31. The van der Waals surface area contributed by atoms with E-state index in [-0.39, 0.29) is 10.6 Å². The second-order valence-corrected chi connectivity index (χ2v) is 5.78. The third-order valence-electron chi connectivity index (χ3n) is 2.51. The summed E-state index contributed by atoms with van der Waals surface area (Å²) in [6, 6.07) is 9.02. The van der Waals surface area contributed by atoms with E-state index in [1.165, 1.54) is 18.1 Å². The van der Waals surface area contributed by atoms with Gasteiger partial charge in [-0.1, -0.05) is 28.1 Å². The molecule has 0 bridgehead atoms. The predicted octanol–water partition coefficient (Wildman–Crippen LogP) is 4.57. The topological polar surface area (TPSA) is 9.23 Å². The molecule has 0 radical (unpaired) electrons. The summed E-state index contributed by atoms with van der Waals surface area (Å²) in [5.74, 6) is 0.310. The van der Waals surface area contributed by atoms with Gasteiger partial charge in [0.1, 0.15) is 11.6 Å². The Morgan fingerprint density at radius 2 is 2.24 bits per heavy atom. The number of thiophene rings is 1. The van der Waals surface area contributed by atoms with Crippen molar-refractivity contribution < 1.29 is 9.13 Å². The van der Waals surface area contributed by atoms with Crippen molar-refractivity contribution in [2.24, 2.45) is 0 Å². The number of methoxy groups -OCH3 is 1. The first-order chi connectivity index (χ1) is 8.20. The SMILES string of the molecule is COc1ccc(C(Br)Cc2cccs2)c(F)c1. The van der Waals surface area contributed by atoms with E-state index in [2.05, 4.69) is 22.0 Å². The Labute approximate surface area is 112 Å². The first-order valence-corrected chi connectivity index (χ1v) is 7.00. The molecule has 0 saturated carbocycles. The molecule has 1 unspecified atom stereocenters. The van der Waals surface area contributed by atoms with E-state index in [0.717, 1.165) is 6.42 Å². The predicted molar refractivity (Wildman–Crippen MR) is 72.6 cm³/mol. The Morgan fingerprint density at radius 1 is 1.41 bits per heavy atom. The molecule has 0 spiro atoms. The standard InChI is InChI=1S/C13H12BrFOS/c1-16-9-4-5-11(13(15)7-9)12(14)8-10-3-2-6-17-10/h2-7,12H,8H2,1H3. The van der Waals surface area contributed by atoms with Crippen LogP contribution < -0.4 is 4.74 Å². The molecule has 1 aromatic heterocycles. The Morgan fingerprint density at radius 3 is 2.82 bits per heavy atom. The van der Waals surface area contributed by atoms with Gasteiger partial charge in [0.25, 0.3) is 0 Å². The lowest BCUT2D eigenvalue weighted by Gasteiger charge is -2.11. The smallest absolute Gasteiger partial charge is 0.131 e. The van der Waals surface area contributed by atoms with Crippen molar-refractivity contribution in [2.45, 2.75) is 11.2 Å². The maximum Gasteiger partial charge on any atom is 0.131 e. The lowest BCUT2D eigenvalue weighted by Crippen LogP contribution is -1.98. The van der Waals surface area contributed by atoms with Gasteiger partial charge in [-0.05, 0) is 23.9 Å². The molecule has 90 valence electrons. The summed E-state index contributed by atoms with van der Waals surface area (Å²) in [7, 11) is 1.53. The lowest BCUT2D eigenvalue weighted by molar-refractivity contribution is 0.410. The molecular formula is C13H12BrFOS. The summed E-state index contributed by atoms with van der Waals surface area (Å²) in [6.07, 6.45) is 0.793. The number of rotatable bonds is 4. The normalized spacial score (nSPS) is 12.4. The highest BCUT2D eigenvalue weighted by atomic mass is 79.9. The van der Waals surface area contributed by atoms with Gasteiger partial charge in [0, 0.05) is 21.3 Å². The fraction of sp³-hybridized carbons (Fsp3) is 0.231. The van der Waals surface area contributed by atoms with Gasteiger partial charge in [-0.3, -0.25) is 0 Å². The first-order valence-electron chi connectivity index (χ1n) is 5.20. The summed E-state index contributed by atoms with van der Waals surface area (Å²) in [6.45, 7) is 0. The molecule has 17 heavy (non-hydrogen) atoms. The molecule has 1 nitrogen and oxygen atoms in total. The zero-order valence-electron chi connectivity index (χ0n) is 9.32. The van der Waals surface area contributed by atoms with E-state index >= 15 is 0 Å². The molecule has 0 N–H and O–H groups in total. The van der Waals surface area contributed by atoms with Gasteiger partial charge in [-0.2, -0.15) is 0 Å². The molecular weight excluding hydrogens is 303 g/mol. The van der Waals surface area contributed by atoms with E-state index in [0.29, 0.717) is 11.3 Å². The number of alkyl halides is 1. The maximum atomic E-state index is 13.8. The quantitative estimate of drug-likeness (QED) is 0.751. The first kappa shape index (κ1) is 12.6. The largest absolute Gasteiger partial charge is 0.497 e. The van der Waals surface area contributed by atoms with Gasteiger partial charge in [-0.25, -0.2) is 4.39 Å². The fourth-order valence-electron chi connectivity index (χ4n) is 1.60. The molecule has 0 aliphatic rings. The Hall–Kier alpha value is -0.870. The van der Waals surface area contributed by atoms with Crippen LogP contribution in [0.15, 0.2) is 35.7 Å². The molecule has 0 amide bonds. The molecule has 2 rings (SSSR count). The van der Waals surface area contributed by atoms with Gasteiger partial charge in [0.2, 0.25) is 0 Å². The molecule has 4 heteroatoms. The Balaban J connectivity index is 2.16. The summed E-state index contributed by atoms with van der Waals surface area (Å²) >= 11 is 5.21. The van der Waals surface area contributed by atoms with E-state index in [9.17, 15) is 4.39 Å². The molecule has 0 fully saturated rings. The lowest BCUT2D eigenvalue weighted by atomic mass is 10.1. The van der Waals surface area contributed by atoms with Crippen LogP contribution in [0.1, 0.15) is 15.3 Å². The molecule has 1 heterocycles. The van der Waals surface area contributed by atoms with Crippen molar-refractivity contribution in [1.29, 1.82) is 0 Å². The summed E-state index contributed by atoms with van der Waals surface area (Å²) in [5, 5.41) is 2.03. The zero-order valence-corrected chi connectivity index (χ0v) is 11.7. The third-order valence-corrected chi connectivity index (χ3v) is 4.22. The van der Waals surface area contributed by atoms with E-state index < -0.39 is 0 Å². The zero-order chi connectivity index (χ0) is 12.3. The van der Waals surface area contributed by atoms with Crippen LogP contribution in [-0.2, 0) is 6.42 Å². The minimum Gasteiger partial charge on any atom is -0.497 e. The summed E-state index contributed by atoms with van der Waals surface area (Å²) in [4.78, 5) is 1.23. The van der Waals surface area contributed by atoms with Crippen LogP contribution >= 0.6 is 27.3 Å². The maximum absolute atomic E-state index is 13.8. The van der Waals surface area contributed by atoms with Crippen LogP contribution in [0.5, 0.6) is 5.75 Å². The van der Waals surface area contributed by atoms with Crippen molar-refractivity contribution in [3.05, 3.63) is 52.0 Å². The van der Waals surface area contributed by atoms with Crippen LogP contribution in [-0.4, -0.2) is 7.11 Å². The van der Waals surface area contributed by atoms with Gasteiger partial charge >= 0.3 is 0 Å². The second kappa shape index (κ2) is 5.65. The van der Waals surface area contributed by atoms with Crippen LogP contribution in [0.4, 0.5) is 4.39 Å². The van der Waals surface area contributed by atoms with E-state index in [4.69, 9.17) is 4.74 Å². The van der Waals surface area contributed by atoms with Crippen LogP contribution in [0.2, 0.25) is 0 Å². The summed E-state index contributed by atoms with van der Waals surface area (Å²) in [5.41, 5.74) is 0.666. The fourth-order valence-corrected chi connectivity index (χ4v) is 3.29. The highest BCUT2D eigenvalue weighted by Gasteiger charge is 2.14. The van der Waals surface area contributed by atoms with Crippen molar-refractivity contribution in [3.63, 3.8) is 0 Å². The van der Waals surface area contributed by atoms with Gasteiger partial charge in [0.05, 0.1) is 7.11 Å². The minimum atomic E-state index is -0.234. The molecule has 2 aromatic rings.